The molecule has 0 bridgehead atoms. The number of likely N-dealkylation sites (N-methyl/N-ethyl adjacent to an activating group) is 1. The molecule has 2 heterocycles. The van der Waals surface area contributed by atoms with Crippen molar-refractivity contribution in [1.29, 1.82) is 0 Å². The first-order valence-electron chi connectivity index (χ1n) is 14.2. The Morgan fingerprint density at radius 1 is 0.929 bits per heavy atom. The summed E-state index contributed by atoms with van der Waals surface area (Å²) in [6.07, 6.45) is 4.94. The zero-order valence-corrected chi connectivity index (χ0v) is 31.4. The molecular weight excluding hydrogens is 673 g/mol. The number of rotatable bonds is 18. The van der Waals surface area contributed by atoms with Crippen LogP contribution in [0.15, 0.2) is 24.4 Å². The first-order chi connectivity index (χ1) is 19.9. The molecule has 1 aliphatic rings. The lowest BCUT2D eigenvalue weighted by Gasteiger charge is -2.23. The summed E-state index contributed by atoms with van der Waals surface area (Å²) in [6.45, 7) is 12.2. The predicted octanol–water partition coefficient (Wildman–Crippen LogP) is 7.20. The lowest BCUT2D eigenvalue weighted by molar-refractivity contribution is 0.280. The summed E-state index contributed by atoms with van der Waals surface area (Å²) in [5, 5.41) is 1.80. The molecule has 1 N–H and O–H groups in total. The number of benzene rings is 1. The first kappa shape index (κ1) is 38.7. The number of nitrogens with one attached hydrogen (secondary N) is 1. The van der Waals surface area contributed by atoms with Crippen LogP contribution in [0.4, 0.5) is 0 Å². The Labute approximate surface area is 271 Å². The second-order valence-electron chi connectivity index (χ2n) is 9.55. The van der Waals surface area contributed by atoms with Crippen LogP contribution >= 0.6 is 34.2 Å². The van der Waals surface area contributed by atoms with Gasteiger partial charge in [-0.15, -0.1) is 0 Å². The minimum absolute atomic E-state index is 0.0985. The lowest BCUT2D eigenvalue weighted by atomic mass is 10.1. The van der Waals surface area contributed by atoms with Crippen molar-refractivity contribution in [3.8, 4) is 0 Å². The van der Waals surface area contributed by atoms with Gasteiger partial charge in [0.2, 0.25) is 21.4 Å². The van der Waals surface area contributed by atoms with Crippen molar-refractivity contribution in [2.45, 2.75) is 52.7 Å². The normalized spacial score (nSPS) is 14.9. The van der Waals surface area contributed by atoms with Gasteiger partial charge in [-0.2, -0.15) is 0 Å². The van der Waals surface area contributed by atoms with Crippen LogP contribution in [0.2, 0.25) is 0 Å². The highest BCUT2D eigenvalue weighted by atomic mass is 32.9. The number of hydrogen-bond donors (Lipinski definition) is 1. The van der Waals surface area contributed by atoms with Gasteiger partial charge in [-0.3, -0.25) is 0 Å². The standard InChI is InChI=1S/C17H25N3O2S.C9H22O4P2S4/c1-19(2)10-7-15-12-18-17-6-5-14(11-16(15)17)13-23(21,22)20-8-3-4-9-20;1-5-10-14(16,11-6-2)18-9-19-15(17,12-7-3)13-8-4/h5-6,11-12,18H,3-4,7-10,13H2,1-2H3;5-9H2,1-4H3. The monoisotopic (exact) mass is 719 g/mol. The smallest absolute Gasteiger partial charge is 0.248 e. The average Bonchev–Trinajstić information content (AvgIpc) is 3.59. The van der Waals surface area contributed by atoms with E-state index in [1.165, 1.54) is 28.3 Å². The summed E-state index contributed by atoms with van der Waals surface area (Å²) in [5.74, 6) is 0.0985. The summed E-state index contributed by atoms with van der Waals surface area (Å²) >= 11 is 13.9. The zero-order chi connectivity index (χ0) is 31.2. The maximum atomic E-state index is 12.5. The molecule has 0 amide bonds. The van der Waals surface area contributed by atoms with Gasteiger partial charge >= 0.3 is 0 Å². The van der Waals surface area contributed by atoms with Gasteiger partial charge in [-0.1, -0.05) is 28.8 Å². The molecule has 16 heteroatoms. The maximum Gasteiger partial charge on any atom is 0.248 e. The number of aromatic amines is 1. The molecule has 0 spiro atoms. The summed E-state index contributed by atoms with van der Waals surface area (Å²) in [4.78, 5) is 5.43. The van der Waals surface area contributed by atoms with Gasteiger partial charge < -0.3 is 28.0 Å². The van der Waals surface area contributed by atoms with E-state index in [0.29, 0.717) is 44.6 Å². The Morgan fingerprint density at radius 2 is 1.45 bits per heavy atom. The fourth-order valence-electron chi connectivity index (χ4n) is 4.14. The molecule has 0 aliphatic carbocycles. The van der Waals surface area contributed by atoms with E-state index >= 15 is 0 Å². The molecule has 3 rings (SSSR count). The van der Waals surface area contributed by atoms with Crippen molar-refractivity contribution in [2.24, 2.45) is 0 Å². The molecule has 0 saturated carbocycles. The molecule has 0 radical (unpaired) electrons. The SMILES string of the molecule is CCOP(=S)(OCC)SCSP(=S)(OCC)OCC.CN(C)CCc1c[nH]c2ccc(CS(=O)(=O)N3CCCC3)cc12. The second-order valence-corrected chi connectivity index (χ2v) is 24.5. The topological polar surface area (TPSA) is 93.3 Å². The van der Waals surface area contributed by atoms with E-state index in [1.807, 2.05) is 52.1 Å². The van der Waals surface area contributed by atoms with Gasteiger partial charge in [-0.05, 0) is 108 Å². The zero-order valence-electron chi connectivity index (χ0n) is 25.6. The quantitative estimate of drug-likeness (QED) is 0.125. The van der Waals surface area contributed by atoms with E-state index in [-0.39, 0.29) is 5.75 Å². The van der Waals surface area contributed by atoms with E-state index in [4.69, 9.17) is 41.7 Å². The fraction of sp³-hybridized carbons (Fsp3) is 0.692. The Bertz CT molecular complexity index is 1240. The molecule has 1 fully saturated rings. The van der Waals surface area contributed by atoms with Gasteiger partial charge in [-0.25, -0.2) is 12.7 Å². The third-order valence-corrected chi connectivity index (χ3v) is 19.9. The van der Waals surface area contributed by atoms with Crippen LogP contribution in [0.25, 0.3) is 10.9 Å². The van der Waals surface area contributed by atoms with E-state index in [2.05, 4.69) is 24.0 Å². The highest BCUT2D eigenvalue weighted by Gasteiger charge is 2.26. The summed E-state index contributed by atoms with van der Waals surface area (Å²) in [7, 11) is 0.928. The van der Waals surface area contributed by atoms with E-state index in [1.54, 1.807) is 4.31 Å². The van der Waals surface area contributed by atoms with E-state index in [9.17, 15) is 8.42 Å². The third kappa shape index (κ3) is 13.1. The van der Waals surface area contributed by atoms with Crippen LogP contribution in [0, 0.1) is 0 Å². The Kier molecular flexibility index (Phi) is 17.7. The molecule has 9 nitrogen and oxygen atoms in total. The molecule has 1 saturated heterocycles. The van der Waals surface area contributed by atoms with Crippen molar-refractivity contribution in [3.05, 3.63) is 35.5 Å². The largest absolute Gasteiger partial charge is 0.361 e. The average molecular weight is 720 g/mol. The lowest BCUT2D eigenvalue weighted by Crippen LogP contribution is -2.29. The van der Waals surface area contributed by atoms with Gasteiger partial charge in [0.05, 0.1) is 37.3 Å². The first-order valence-corrected chi connectivity index (χ1v) is 24.3. The molecule has 1 aromatic carbocycles. The molecule has 1 aliphatic heterocycles. The number of hydrogen-bond acceptors (Lipinski definition) is 11. The molecule has 1 aromatic heterocycles. The van der Waals surface area contributed by atoms with Crippen molar-refractivity contribution in [1.82, 2.24) is 14.2 Å². The number of nitrogens with zero attached hydrogens (tertiary/aromatic N) is 2. The molecule has 0 unspecified atom stereocenters. The number of H-pyrrole nitrogens is 1. The van der Waals surface area contributed by atoms with Gasteiger partial charge in [0.15, 0.2) is 0 Å². The minimum atomic E-state index is -3.19. The van der Waals surface area contributed by atoms with Crippen molar-refractivity contribution in [3.63, 3.8) is 0 Å². The summed E-state index contributed by atoms with van der Waals surface area (Å²) in [5.41, 5.74) is -1.32. The van der Waals surface area contributed by atoms with Gasteiger partial charge in [0, 0.05) is 36.7 Å². The van der Waals surface area contributed by atoms with Crippen molar-refractivity contribution >= 4 is 78.7 Å². The van der Waals surface area contributed by atoms with Crippen molar-refractivity contribution < 1.29 is 26.5 Å². The highest BCUT2D eigenvalue weighted by molar-refractivity contribution is 8.76. The maximum absolute atomic E-state index is 12.5. The highest BCUT2D eigenvalue weighted by Crippen LogP contribution is 2.67. The van der Waals surface area contributed by atoms with Crippen LogP contribution in [0.1, 0.15) is 51.7 Å². The molecule has 42 heavy (non-hydrogen) atoms. The Morgan fingerprint density at radius 3 is 1.93 bits per heavy atom. The Balaban J connectivity index is 0.000000301. The fourth-order valence-corrected chi connectivity index (χ4v) is 18.4. The van der Waals surface area contributed by atoms with Crippen LogP contribution in [0.3, 0.4) is 0 Å². The molecule has 0 atom stereocenters. The number of sulfonamides is 1. The van der Waals surface area contributed by atoms with Crippen LogP contribution in [-0.4, -0.2) is 87.8 Å². The second kappa shape index (κ2) is 19.2. The molecule has 242 valence electrons. The number of aromatic nitrogens is 1. The van der Waals surface area contributed by atoms with Gasteiger partial charge in [0.1, 0.15) is 0 Å². The third-order valence-electron chi connectivity index (χ3n) is 6.04. The predicted molar refractivity (Wildman–Crippen MR) is 189 cm³/mol. The molecule has 2 aromatic rings. The number of fused-ring (bicyclic) bond motifs is 1. The Hall–Kier alpha value is 0.470. The van der Waals surface area contributed by atoms with E-state index in [0.717, 1.165) is 42.3 Å². The van der Waals surface area contributed by atoms with Crippen molar-refractivity contribution in [2.75, 3.05) is 65.2 Å². The van der Waals surface area contributed by atoms with Crippen LogP contribution in [0.5, 0.6) is 0 Å². The van der Waals surface area contributed by atoms with Crippen LogP contribution in [-0.2, 0) is 63.9 Å². The summed E-state index contributed by atoms with van der Waals surface area (Å²) in [6, 6.07) is 5.94. The van der Waals surface area contributed by atoms with Crippen LogP contribution < -0.4 is 0 Å². The minimum Gasteiger partial charge on any atom is -0.361 e. The summed E-state index contributed by atoms with van der Waals surface area (Å²) < 4.78 is 48.8. The molecular formula is C26H47N3O6P2S5. The van der Waals surface area contributed by atoms with Gasteiger partial charge in [0.25, 0.3) is 0 Å². The van der Waals surface area contributed by atoms with E-state index < -0.39 is 21.4 Å².